The van der Waals surface area contributed by atoms with Gasteiger partial charge in [-0.3, -0.25) is 14.4 Å². The van der Waals surface area contributed by atoms with Crippen LogP contribution in [0, 0.1) is 0 Å². The number of aromatic nitrogens is 2. The normalized spacial score (nSPS) is 19.1. The summed E-state index contributed by atoms with van der Waals surface area (Å²) >= 11 is 0. The molecule has 6 nitrogen and oxygen atoms in total. The van der Waals surface area contributed by atoms with Gasteiger partial charge in [0.2, 0.25) is 5.91 Å². The molecule has 0 aromatic carbocycles. The molecule has 1 aromatic heterocycles. The number of carbonyl (C=O) groups excluding carboxylic acids is 1. The number of likely N-dealkylation sites (tertiary alicyclic amines) is 1. The summed E-state index contributed by atoms with van der Waals surface area (Å²) in [5.41, 5.74) is 6.45. The van der Waals surface area contributed by atoms with Gasteiger partial charge in [-0.1, -0.05) is 0 Å². The van der Waals surface area contributed by atoms with Crippen LogP contribution >= 0.6 is 0 Å². The first-order valence-corrected chi connectivity index (χ1v) is 7.37. The summed E-state index contributed by atoms with van der Waals surface area (Å²) in [7, 11) is 0. The second-order valence-electron chi connectivity index (χ2n) is 5.53. The van der Waals surface area contributed by atoms with Crippen molar-refractivity contribution in [1.29, 1.82) is 0 Å². The molecular weight excluding hydrogens is 254 g/mol. The molecule has 20 heavy (non-hydrogen) atoms. The fraction of sp³-hybridized carbons (Fsp3) is 0.714. The molecular formula is C14H25N5O. The molecule has 1 aliphatic heterocycles. The Bertz CT molecular complexity index is 437. The lowest BCUT2D eigenvalue weighted by molar-refractivity contribution is -0.119. The van der Waals surface area contributed by atoms with Crippen LogP contribution in [0.3, 0.4) is 0 Å². The third-order valence-electron chi connectivity index (χ3n) is 3.93. The van der Waals surface area contributed by atoms with Crippen molar-refractivity contribution in [1.82, 2.24) is 20.0 Å². The van der Waals surface area contributed by atoms with E-state index in [0.717, 1.165) is 32.5 Å². The Morgan fingerprint density at radius 3 is 2.80 bits per heavy atom. The summed E-state index contributed by atoms with van der Waals surface area (Å²) in [6.45, 7) is 7.41. The number of hydrogen-bond acceptors (Lipinski definition) is 4. The van der Waals surface area contributed by atoms with Crippen LogP contribution in [-0.2, 0) is 11.3 Å². The zero-order chi connectivity index (χ0) is 14.5. The largest absolute Gasteiger partial charge is 0.369 e. The number of rotatable bonds is 6. The Kier molecular flexibility index (Phi) is 5.14. The minimum atomic E-state index is -0.239. The molecule has 6 heteroatoms. The van der Waals surface area contributed by atoms with Crippen LogP contribution in [0.25, 0.3) is 0 Å². The van der Waals surface area contributed by atoms with E-state index < -0.39 is 0 Å². The fourth-order valence-corrected chi connectivity index (χ4v) is 2.70. The number of nitrogens with two attached hydrogens (primary N) is 1. The maximum atomic E-state index is 10.9. The Morgan fingerprint density at radius 1 is 1.55 bits per heavy atom. The van der Waals surface area contributed by atoms with Crippen molar-refractivity contribution in [2.75, 3.05) is 19.6 Å². The molecule has 0 saturated carbocycles. The van der Waals surface area contributed by atoms with Crippen LogP contribution in [0.4, 0.5) is 0 Å². The molecule has 1 aliphatic rings. The molecule has 1 fully saturated rings. The molecule has 1 saturated heterocycles. The van der Waals surface area contributed by atoms with Crippen LogP contribution in [0.1, 0.15) is 38.3 Å². The predicted octanol–water partition coefficient (Wildman–Crippen LogP) is 0.503. The maximum Gasteiger partial charge on any atom is 0.231 e. The zero-order valence-electron chi connectivity index (χ0n) is 12.4. The van der Waals surface area contributed by atoms with Gasteiger partial charge in [-0.25, -0.2) is 0 Å². The first kappa shape index (κ1) is 15.0. The van der Waals surface area contributed by atoms with Crippen LogP contribution < -0.4 is 11.1 Å². The maximum absolute atomic E-state index is 10.9. The first-order chi connectivity index (χ1) is 9.58. The molecule has 0 bridgehead atoms. The number of nitrogens with zero attached hydrogens (tertiary/aromatic N) is 3. The summed E-state index contributed by atoms with van der Waals surface area (Å²) in [4.78, 5) is 13.0. The Morgan fingerprint density at radius 2 is 2.25 bits per heavy atom. The second-order valence-corrected chi connectivity index (χ2v) is 5.53. The quantitative estimate of drug-likeness (QED) is 0.795. The summed E-state index contributed by atoms with van der Waals surface area (Å²) in [5, 5.41) is 7.96. The molecule has 1 aromatic rings. The Labute approximate surface area is 120 Å². The van der Waals surface area contributed by atoms with E-state index in [2.05, 4.69) is 35.4 Å². The van der Waals surface area contributed by atoms with E-state index in [4.69, 9.17) is 5.73 Å². The van der Waals surface area contributed by atoms with Crippen LogP contribution in [-0.4, -0.2) is 46.3 Å². The number of primary amides is 1. The van der Waals surface area contributed by atoms with Crippen molar-refractivity contribution >= 4 is 5.91 Å². The van der Waals surface area contributed by atoms with E-state index in [1.807, 2.05) is 10.9 Å². The molecule has 1 amide bonds. The lowest BCUT2D eigenvalue weighted by Gasteiger charge is -2.33. The molecule has 2 heterocycles. The van der Waals surface area contributed by atoms with Gasteiger partial charge in [-0.05, 0) is 26.7 Å². The molecule has 3 N–H and O–H groups in total. The highest BCUT2D eigenvalue weighted by atomic mass is 16.1. The van der Waals surface area contributed by atoms with Gasteiger partial charge in [0.25, 0.3) is 0 Å². The molecule has 1 unspecified atom stereocenters. The van der Waals surface area contributed by atoms with E-state index in [1.165, 1.54) is 5.56 Å². The average molecular weight is 279 g/mol. The van der Waals surface area contributed by atoms with Gasteiger partial charge in [0.05, 0.1) is 12.7 Å². The summed E-state index contributed by atoms with van der Waals surface area (Å²) in [5.74, 6) is -0.239. The van der Waals surface area contributed by atoms with E-state index in [0.29, 0.717) is 18.6 Å². The van der Waals surface area contributed by atoms with Gasteiger partial charge in [0.1, 0.15) is 0 Å². The number of aryl methyl sites for hydroxylation is 1. The predicted molar refractivity (Wildman–Crippen MR) is 78.1 cm³/mol. The molecule has 0 radical (unpaired) electrons. The van der Waals surface area contributed by atoms with Gasteiger partial charge in [0, 0.05) is 43.5 Å². The summed E-state index contributed by atoms with van der Waals surface area (Å²) in [6, 6.07) is 0.807. The first-order valence-electron chi connectivity index (χ1n) is 7.37. The molecule has 1 atom stereocenters. The lowest BCUT2D eigenvalue weighted by Crippen LogP contribution is -2.45. The summed E-state index contributed by atoms with van der Waals surface area (Å²) in [6.07, 6.45) is 6.14. The standard InChI is InChI=1S/C14H25N5O/c1-3-19-9-12(8-16-19)11(2)17-13-4-6-18(7-5-13)10-14(15)20/h8-9,11,13,17H,3-7,10H2,1-2H3,(H2,15,20). The molecule has 2 rings (SSSR count). The number of piperidine rings is 1. The van der Waals surface area contributed by atoms with Crippen molar-refractivity contribution in [3.05, 3.63) is 18.0 Å². The van der Waals surface area contributed by atoms with E-state index in [1.54, 1.807) is 0 Å². The number of nitrogens with one attached hydrogen (secondary N) is 1. The van der Waals surface area contributed by atoms with Crippen molar-refractivity contribution in [2.24, 2.45) is 5.73 Å². The van der Waals surface area contributed by atoms with Gasteiger partial charge in [0.15, 0.2) is 0 Å². The Balaban J connectivity index is 1.78. The van der Waals surface area contributed by atoms with Gasteiger partial charge in [-0.15, -0.1) is 0 Å². The smallest absolute Gasteiger partial charge is 0.231 e. The van der Waals surface area contributed by atoms with E-state index >= 15 is 0 Å². The van der Waals surface area contributed by atoms with E-state index in [9.17, 15) is 4.79 Å². The van der Waals surface area contributed by atoms with Crippen LogP contribution in [0.2, 0.25) is 0 Å². The third-order valence-corrected chi connectivity index (χ3v) is 3.93. The third kappa shape index (κ3) is 4.05. The van der Waals surface area contributed by atoms with Crippen LogP contribution in [0.15, 0.2) is 12.4 Å². The van der Waals surface area contributed by atoms with Crippen molar-refractivity contribution in [3.8, 4) is 0 Å². The molecule has 0 spiro atoms. The topological polar surface area (TPSA) is 76.2 Å². The zero-order valence-corrected chi connectivity index (χ0v) is 12.4. The highest BCUT2D eigenvalue weighted by Crippen LogP contribution is 2.16. The monoisotopic (exact) mass is 279 g/mol. The van der Waals surface area contributed by atoms with Crippen molar-refractivity contribution in [3.63, 3.8) is 0 Å². The summed E-state index contributed by atoms with van der Waals surface area (Å²) < 4.78 is 1.95. The van der Waals surface area contributed by atoms with Crippen molar-refractivity contribution < 1.29 is 4.79 Å². The number of hydrogen-bond donors (Lipinski definition) is 2. The van der Waals surface area contributed by atoms with Crippen LogP contribution in [0.5, 0.6) is 0 Å². The fourth-order valence-electron chi connectivity index (χ4n) is 2.70. The SMILES string of the molecule is CCn1cc(C(C)NC2CCN(CC(N)=O)CC2)cn1. The number of carbonyl (C=O) groups is 1. The van der Waals surface area contributed by atoms with Gasteiger partial charge >= 0.3 is 0 Å². The van der Waals surface area contributed by atoms with Gasteiger partial charge in [-0.2, -0.15) is 5.10 Å². The van der Waals surface area contributed by atoms with E-state index in [-0.39, 0.29) is 5.91 Å². The Hall–Kier alpha value is -1.40. The highest BCUT2D eigenvalue weighted by Gasteiger charge is 2.21. The molecule has 112 valence electrons. The second kappa shape index (κ2) is 6.85. The highest BCUT2D eigenvalue weighted by molar-refractivity contribution is 5.75. The lowest BCUT2D eigenvalue weighted by atomic mass is 10.0. The minimum absolute atomic E-state index is 0.239. The van der Waals surface area contributed by atoms with Crippen molar-refractivity contribution in [2.45, 2.75) is 45.3 Å². The molecule has 0 aliphatic carbocycles. The average Bonchev–Trinajstić information content (AvgIpc) is 2.89. The minimum Gasteiger partial charge on any atom is -0.369 e. The van der Waals surface area contributed by atoms with Gasteiger partial charge < -0.3 is 11.1 Å². The number of amides is 1.